The minimum atomic E-state index is -0.339. The van der Waals surface area contributed by atoms with Crippen LogP contribution in [0.5, 0.6) is 0 Å². The van der Waals surface area contributed by atoms with Crippen LogP contribution in [0.4, 0.5) is 10.1 Å². The Bertz CT molecular complexity index is 626. The Balaban J connectivity index is 1.94. The zero-order valence-corrected chi connectivity index (χ0v) is 11.5. The van der Waals surface area contributed by atoms with Crippen LogP contribution in [0.25, 0.3) is 0 Å². The molecule has 0 fully saturated rings. The fourth-order valence-corrected chi connectivity index (χ4v) is 1.73. The Hall–Kier alpha value is -2.69. The summed E-state index contributed by atoms with van der Waals surface area (Å²) < 4.78 is 13.4. The molecular weight excluding hydrogens is 269 g/mol. The first kappa shape index (κ1) is 14.7. The lowest BCUT2D eigenvalue weighted by Crippen LogP contribution is -2.24. The van der Waals surface area contributed by atoms with Crippen LogP contribution in [0.1, 0.15) is 16.1 Å². The molecule has 21 heavy (non-hydrogen) atoms. The second-order valence-electron chi connectivity index (χ2n) is 4.38. The van der Waals surface area contributed by atoms with E-state index in [1.807, 2.05) is 0 Å². The van der Waals surface area contributed by atoms with Crippen molar-refractivity contribution in [3.63, 3.8) is 0 Å². The predicted octanol–water partition coefficient (Wildman–Crippen LogP) is 2.75. The normalized spacial score (nSPS) is 9.95. The monoisotopic (exact) mass is 285 g/mol. The first-order valence-corrected chi connectivity index (χ1v) is 6.53. The summed E-state index contributed by atoms with van der Waals surface area (Å²) in [5, 5.41) is 5.70. The number of hydrogen-bond donors (Lipinski definition) is 2. The second kappa shape index (κ2) is 7.19. The molecule has 108 valence electrons. The van der Waals surface area contributed by atoms with E-state index in [0.29, 0.717) is 12.1 Å². The molecule has 4 nitrogen and oxygen atoms in total. The van der Waals surface area contributed by atoms with Crippen molar-refractivity contribution in [1.82, 2.24) is 10.3 Å². The number of rotatable bonds is 6. The minimum Gasteiger partial charge on any atom is -0.380 e. The van der Waals surface area contributed by atoms with E-state index in [-0.39, 0.29) is 24.0 Å². The first-order valence-electron chi connectivity index (χ1n) is 6.53. The van der Waals surface area contributed by atoms with E-state index in [2.05, 4.69) is 22.2 Å². The number of pyridine rings is 1. The lowest BCUT2D eigenvalue weighted by atomic mass is 10.2. The van der Waals surface area contributed by atoms with Crippen molar-refractivity contribution in [3.8, 4) is 0 Å². The standard InChI is InChI=1S/C16H16FN3O/c1-2-9-18-13-7-8-15(19-11-13)16(21)20-10-12-5-3-4-6-14(12)17/h2-8,11,18H,1,9-10H2,(H,20,21). The van der Waals surface area contributed by atoms with Gasteiger partial charge >= 0.3 is 0 Å². The van der Waals surface area contributed by atoms with Gasteiger partial charge in [-0.15, -0.1) is 6.58 Å². The van der Waals surface area contributed by atoms with Crippen LogP contribution in [0.2, 0.25) is 0 Å². The number of carbonyl (C=O) groups is 1. The topological polar surface area (TPSA) is 54.0 Å². The summed E-state index contributed by atoms with van der Waals surface area (Å²) in [4.78, 5) is 16.0. The van der Waals surface area contributed by atoms with Gasteiger partial charge in [-0.05, 0) is 18.2 Å². The van der Waals surface area contributed by atoms with Gasteiger partial charge in [-0.3, -0.25) is 4.79 Å². The van der Waals surface area contributed by atoms with Gasteiger partial charge < -0.3 is 10.6 Å². The molecular formula is C16H16FN3O. The van der Waals surface area contributed by atoms with Crippen LogP contribution in [-0.4, -0.2) is 17.4 Å². The fourth-order valence-electron chi connectivity index (χ4n) is 1.73. The molecule has 0 bridgehead atoms. The molecule has 0 aliphatic rings. The molecule has 1 aromatic carbocycles. The molecule has 2 rings (SSSR count). The van der Waals surface area contributed by atoms with Gasteiger partial charge in [0.1, 0.15) is 11.5 Å². The van der Waals surface area contributed by atoms with E-state index in [1.165, 1.54) is 6.07 Å². The summed E-state index contributed by atoms with van der Waals surface area (Å²) in [7, 11) is 0. The summed E-state index contributed by atoms with van der Waals surface area (Å²) >= 11 is 0. The summed E-state index contributed by atoms with van der Waals surface area (Å²) in [6.45, 7) is 4.36. The van der Waals surface area contributed by atoms with Crippen LogP contribution in [0.15, 0.2) is 55.3 Å². The van der Waals surface area contributed by atoms with Crippen molar-refractivity contribution in [2.45, 2.75) is 6.54 Å². The summed E-state index contributed by atoms with van der Waals surface area (Å²) in [6.07, 6.45) is 3.30. The van der Waals surface area contributed by atoms with Crippen LogP contribution in [0, 0.1) is 5.82 Å². The highest BCUT2D eigenvalue weighted by atomic mass is 19.1. The molecule has 0 saturated carbocycles. The van der Waals surface area contributed by atoms with E-state index in [9.17, 15) is 9.18 Å². The van der Waals surface area contributed by atoms with E-state index in [1.54, 1.807) is 42.6 Å². The van der Waals surface area contributed by atoms with Crippen molar-refractivity contribution < 1.29 is 9.18 Å². The van der Waals surface area contributed by atoms with Gasteiger partial charge in [-0.2, -0.15) is 0 Å². The zero-order valence-electron chi connectivity index (χ0n) is 11.5. The molecule has 0 radical (unpaired) electrons. The van der Waals surface area contributed by atoms with Crippen LogP contribution < -0.4 is 10.6 Å². The molecule has 1 amide bonds. The smallest absolute Gasteiger partial charge is 0.270 e. The Kier molecular flexibility index (Phi) is 5.04. The average molecular weight is 285 g/mol. The maximum absolute atomic E-state index is 13.4. The van der Waals surface area contributed by atoms with Gasteiger partial charge in [0.05, 0.1) is 11.9 Å². The highest BCUT2D eigenvalue weighted by Gasteiger charge is 2.08. The highest BCUT2D eigenvalue weighted by molar-refractivity contribution is 5.92. The summed E-state index contributed by atoms with van der Waals surface area (Å²) in [5.74, 6) is -0.678. The van der Waals surface area contributed by atoms with Gasteiger partial charge in [0.15, 0.2) is 0 Å². The molecule has 0 aliphatic heterocycles. The lowest BCUT2D eigenvalue weighted by Gasteiger charge is -2.07. The number of amides is 1. The van der Waals surface area contributed by atoms with E-state index in [0.717, 1.165) is 5.69 Å². The Morgan fingerprint density at radius 1 is 1.29 bits per heavy atom. The third-order valence-electron chi connectivity index (χ3n) is 2.84. The maximum atomic E-state index is 13.4. The molecule has 2 aromatic rings. The number of nitrogens with one attached hydrogen (secondary N) is 2. The molecule has 1 heterocycles. The quantitative estimate of drug-likeness (QED) is 0.802. The first-order chi connectivity index (χ1) is 10.2. The highest BCUT2D eigenvalue weighted by Crippen LogP contribution is 2.08. The van der Waals surface area contributed by atoms with Gasteiger partial charge in [0.25, 0.3) is 5.91 Å². The van der Waals surface area contributed by atoms with Gasteiger partial charge in [-0.1, -0.05) is 24.3 Å². The van der Waals surface area contributed by atoms with Crippen LogP contribution >= 0.6 is 0 Å². The van der Waals surface area contributed by atoms with Crippen molar-refractivity contribution in [1.29, 1.82) is 0 Å². The van der Waals surface area contributed by atoms with Crippen molar-refractivity contribution in [2.75, 3.05) is 11.9 Å². The Morgan fingerprint density at radius 3 is 2.76 bits per heavy atom. The Morgan fingerprint density at radius 2 is 2.10 bits per heavy atom. The van der Waals surface area contributed by atoms with Gasteiger partial charge in [0, 0.05) is 18.7 Å². The lowest BCUT2D eigenvalue weighted by molar-refractivity contribution is 0.0945. The second-order valence-corrected chi connectivity index (χ2v) is 4.38. The van der Waals surface area contributed by atoms with E-state index >= 15 is 0 Å². The number of aromatic nitrogens is 1. The molecule has 0 unspecified atom stereocenters. The van der Waals surface area contributed by atoms with Crippen molar-refractivity contribution in [3.05, 3.63) is 72.3 Å². The van der Waals surface area contributed by atoms with E-state index in [4.69, 9.17) is 0 Å². The number of hydrogen-bond acceptors (Lipinski definition) is 3. The number of carbonyl (C=O) groups excluding carboxylic acids is 1. The SMILES string of the molecule is C=CCNc1ccc(C(=O)NCc2ccccc2F)nc1. The number of anilines is 1. The molecule has 2 N–H and O–H groups in total. The van der Waals surface area contributed by atoms with Gasteiger partial charge in [-0.25, -0.2) is 9.37 Å². The third-order valence-corrected chi connectivity index (χ3v) is 2.84. The van der Waals surface area contributed by atoms with Gasteiger partial charge in [0.2, 0.25) is 0 Å². The molecule has 5 heteroatoms. The number of benzene rings is 1. The largest absolute Gasteiger partial charge is 0.380 e. The molecule has 0 spiro atoms. The van der Waals surface area contributed by atoms with Crippen molar-refractivity contribution >= 4 is 11.6 Å². The zero-order chi connectivity index (χ0) is 15.1. The maximum Gasteiger partial charge on any atom is 0.270 e. The molecule has 1 aromatic heterocycles. The molecule has 0 atom stereocenters. The van der Waals surface area contributed by atoms with Crippen LogP contribution in [-0.2, 0) is 6.54 Å². The van der Waals surface area contributed by atoms with E-state index < -0.39 is 0 Å². The van der Waals surface area contributed by atoms with Crippen LogP contribution in [0.3, 0.4) is 0 Å². The third kappa shape index (κ3) is 4.14. The summed E-state index contributed by atoms with van der Waals surface area (Å²) in [6, 6.07) is 9.70. The predicted molar refractivity (Wildman–Crippen MR) is 80.5 cm³/mol. The number of nitrogens with zero attached hydrogens (tertiary/aromatic N) is 1. The molecule has 0 saturated heterocycles. The average Bonchev–Trinajstić information content (AvgIpc) is 2.52. The minimum absolute atomic E-state index is 0.129. The Labute approximate surface area is 122 Å². The molecule has 0 aliphatic carbocycles. The van der Waals surface area contributed by atoms with Crippen molar-refractivity contribution in [2.24, 2.45) is 0 Å². The number of halogens is 1. The summed E-state index contributed by atoms with van der Waals surface area (Å²) in [5.41, 5.74) is 1.53. The fraction of sp³-hybridized carbons (Fsp3) is 0.125.